The molecule has 1 aliphatic heterocycles. The molecule has 0 saturated carbocycles. The molecular weight excluding hydrogens is 347 g/mol. The molecule has 2 unspecified atom stereocenters. The second-order valence-electron chi connectivity index (χ2n) is 6.24. The van der Waals surface area contributed by atoms with Crippen molar-refractivity contribution in [3.05, 3.63) is 53.7 Å². The molecule has 3 rings (SSSR count). The number of hydrogen-bond acceptors (Lipinski definition) is 5. The van der Waals surface area contributed by atoms with Crippen molar-refractivity contribution in [2.24, 2.45) is 5.92 Å². The normalized spacial score (nSPS) is 20.7. The van der Waals surface area contributed by atoms with Crippen LogP contribution in [0, 0.1) is 5.92 Å². The fourth-order valence-electron chi connectivity index (χ4n) is 3.24. The van der Waals surface area contributed by atoms with E-state index in [0.717, 1.165) is 11.6 Å². The van der Waals surface area contributed by atoms with Crippen LogP contribution in [-0.4, -0.2) is 36.4 Å². The number of alkyl halides is 3. The zero-order valence-electron chi connectivity index (χ0n) is 14.1. The van der Waals surface area contributed by atoms with Gasteiger partial charge in [-0.25, -0.2) is 0 Å². The SMILES string of the molecule is COC(=O)C1CC(c2ccccc2)CN(c2ccc(C(F)(F)F)nn2)C1. The first-order valence-electron chi connectivity index (χ1n) is 8.17. The zero-order chi connectivity index (χ0) is 18.7. The fourth-order valence-corrected chi connectivity index (χ4v) is 3.24. The van der Waals surface area contributed by atoms with Crippen molar-refractivity contribution in [2.45, 2.75) is 18.5 Å². The molecule has 2 atom stereocenters. The van der Waals surface area contributed by atoms with Crippen LogP contribution in [0.5, 0.6) is 0 Å². The van der Waals surface area contributed by atoms with E-state index in [2.05, 4.69) is 10.2 Å². The third-order valence-electron chi connectivity index (χ3n) is 4.52. The van der Waals surface area contributed by atoms with Gasteiger partial charge < -0.3 is 9.64 Å². The van der Waals surface area contributed by atoms with Crippen LogP contribution in [0.15, 0.2) is 42.5 Å². The maximum absolute atomic E-state index is 12.7. The summed E-state index contributed by atoms with van der Waals surface area (Å²) in [5.41, 5.74) is 0.0216. The first-order chi connectivity index (χ1) is 12.4. The summed E-state index contributed by atoms with van der Waals surface area (Å²) in [7, 11) is 1.33. The zero-order valence-corrected chi connectivity index (χ0v) is 14.1. The van der Waals surface area contributed by atoms with E-state index in [9.17, 15) is 18.0 Å². The summed E-state index contributed by atoms with van der Waals surface area (Å²) in [5.74, 6) is -0.371. The van der Waals surface area contributed by atoms with Gasteiger partial charge in [-0.15, -0.1) is 10.2 Å². The number of carbonyl (C=O) groups excluding carboxylic acids is 1. The van der Waals surface area contributed by atoms with Crippen LogP contribution in [0.1, 0.15) is 23.6 Å². The molecule has 2 aromatic rings. The molecule has 8 heteroatoms. The first-order valence-corrected chi connectivity index (χ1v) is 8.17. The quantitative estimate of drug-likeness (QED) is 0.782. The largest absolute Gasteiger partial charge is 0.469 e. The molecular formula is C18H18F3N3O2. The first kappa shape index (κ1) is 18.2. The minimum absolute atomic E-state index is 0.0399. The summed E-state index contributed by atoms with van der Waals surface area (Å²) >= 11 is 0. The second-order valence-corrected chi connectivity index (χ2v) is 6.24. The molecule has 1 fully saturated rings. The molecule has 0 amide bonds. The predicted molar refractivity (Wildman–Crippen MR) is 88.6 cm³/mol. The number of anilines is 1. The molecule has 1 aliphatic rings. The molecule has 5 nitrogen and oxygen atoms in total. The van der Waals surface area contributed by atoms with Gasteiger partial charge in [0.2, 0.25) is 0 Å². The predicted octanol–water partition coefficient (Wildman–Crippen LogP) is 3.28. The van der Waals surface area contributed by atoms with E-state index >= 15 is 0 Å². The van der Waals surface area contributed by atoms with Gasteiger partial charge in [-0.2, -0.15) is 13.2 Å². The van der Waals surface area contributed by atoms with Crippen molar-refractivity contribution < 1.29 is 22.7 Å². The molecule has 2 heterocycles. The van der Waals surface area contributed by atoms with Gasteiger partial charge in [0.25, 0.3) is 0 Å². The van der Waals surface area contributed by atoms with Crippen molar-refractivity contribution >= 4 is 11.8 Å². The Hall–Kier alpha value is -2.64. The summed E-state index contributed by atoms with van der Waals surface area (Å²) in [6, 6.07) is 11.9. The van der Waals surface area contributed by atoms with Crippen molar-refractivity contribution in [1.82, 2.24) is 10.2 Å². The summed E-state index contributed by atoms with van der Waals surface area (Å²) in [4.78, 5) is 13.9. The Morgan fingerprint density at radius 1 is 1.12 bits per heavy atom. The molecule has 0 bridgehead atoms. The summed E-state index contributed by atoms with van der Waals surface area (Å²) in [5, 5.41) is 7.00. The van der Waals surface area contributed by atoms with Gasteiger partial charge in [-0.1, -0.05) is 30.3 Å². The van der Waals surface area contributed by atoms with Gasteiger partial charge in [0.05, 0.1) is 13.0 Å². The lowest BCUT2D eigenvalue weighted by molar-refractivity contribution is -0.145. The lowest BCUT2D eigenvalue weighted by Crippen LogP contribution is -2.43. The number of carbonyl (C=O) groups is 1. The minimum Gasteiger partial charge on any atom is -0.469 e. The average Bonchev–Trinajstić information content (AvgIpc) is 2.67. The highest BCUT2D eigenvalue weighted by molar-refractivity contribution is 5.73. The van der Waals surface area contributed by atoms with Crippen LogP contribution >= 0.6 is 0 Å². The number of benzene rings is 1. The highest BCUT2D eigenvalue weighted by Crippen LogP contribution is 2.33. The van der Waals surface area contributed by atoms with Crippen molar-refractivity contribution in [1.29, 1.82) is 0 Å². The van der Waals surface area contributed by atoms with E-state index in [4.69, 9.17) is 4.74 Å². The Morgan fingerprint density at radius 3 is 2.42 bits per heavy atom. The van der Waals surface area contributed by atoms with E-state index in [-0.39, 0.29) is 17.8 Å². The Morgan fingerprint density at radius 2 is 1.85 bits per heavy atom. The second kappa shape index (κ2) is 7.31. The van der Waals surface area contributed by atoms with E-state index in [1.54, 1.807) is 4.90 Å². The monoisotopic (exact) mass is 365 g/mol. The molecule has 0 N–H and O–H groups in total. The lowest BCUT2D eigenvalue weighted by atomic mass is 9.84. The standard InChI is InChI=1S/C18H18F3N3O2/c1-26-17(25)14-9-13(12-5-3-2-4-6-12)10-24(11-14)16-8-7-15(22-23-16)18(19,20)21/h2-8,13-14H,9-11H2,1H3. The molecule has 0 spiro atoms. The lowest BCUT2D eigenvalue weighted by Gasteiger charge is -2.37. The maximum Gasteiger partial charge on any atom is 0.435 e. The Balaban J connectivity index is 1.86. The van der Waals surface area contributed by atoms with Crippen LogP contribution in [0.2, 0.25) is 0 Å². The van der Waals surface area contributed by atoms with Crippen molar-refractivity contribution in [3.8, 4) is 0 Å². The highest BCUT2D eigenvalue weighted by Gasteiger charge is 2.35. The van der Waals surface area contributed by atoms with Gasteiger partial charge in [-0.05, 0) is 24.1 Å². The number of aromatic nitrogens is 2. The number of ether oxygens (including phenoxy) is 1. The number of piperidine rings is 1. The van der Waals surface area contributed by atoms with E-state index < -0.39 is 11.9 Å². The van der Waals surface area contributed by atoms with Gasteiger partial charge >= 0.3 is 12.1 Å². The Kier molecular flexibility index (Phi) is 5.11. The van der Waals surface area contributed by atoms with E-state index in [1.165, 1.54) is 13.2 Å². The molecule has 1 saturated heterocycles. The number of hydrogen-bond donors (Lipinski definition) is 0. The van der Waals surface area contributed by atoms with Crippen LogP contribution in [0.3, 0.4) is 0 Å². The molecule has 138 valence electrons. The van der Waals surface area contributed by atoms with Crippen LogP contribution in [0.4, 0.5) is 19.0 Å². The van der Waals surface area contributed by atoms with Crippen LogP contribution in [0.25, 0.3) is 0 Å². The van der Waals surface area contributed by atoms with Crippen LogP contribution in [-0.2, 0) is 15.7 Å². The number of halogens is 3. The van der Waals surface area contributed by atoms with Gasteiger partial charge in [-0.3, -0.25) is 4.79 Å². The smallest absolute Gasteiger partial charge is 0.435 e. The average molecular weight is 365 g/mol. The van der Waals surface area contributed by atoms with Gasteiger partial charge in [0.15, 0.2) is 11.5 Å². The van der Waals surface area contributed by atoms with Crippen LogP contribution < -0.4 is 4.90 Å². The summed E-state index contributed by atoms with van der Waals surface area (Å²) in [6.45, 7) is 0.869. The van der Waals surface area contributed by atoms with Gasteiger partial charge in [0.1, 0.15) is 0 Å². The number of methoxy groups -OCH3 is 1. The molecule has 0 aliphatic carbocycles. The van der Waals surface area contributed by atoms with Crippen molar-refractivity contribution in [2.75, 3.05) is 25.1 Å². The number of rotatable bonds is 3. The van der Waals surface area contributed by atoms with E-state index in [1.807, 2.05) is 30.3 Å². The minimum atomic E-state index is -4.53. The third-order valence-corrected chi connectivity index (χ3v) is 4.52. The highest BCUT2D eigenvalue weighted by atomic mass is 19.4. The van der Waals surface area contributed by atoms with E-state index in [0.29, 0.717) is 25.3 Å². The number of nitrogens with zero attached hydrogens (tertiary/aromatic N) is 3. The molecule has 1 aromatic carbocycles. The molecule has 26 heavy (non-hydrogen) atoms. The Bertz CT molecular complexity index is 751. The van der Waals surface area contributed by atoms with Gasteiger partial charge in [0, 0.05) is 19.0 Å². The van der Waals surface area contributed by atoms with Crippen molar-refractivity contribution in [3.63, 3.8) is 0 Å². The fraction of sp³-hybridized carbons (Fsp3) is 0.389. The Labute approximate surface area is 148 Å². The summed E-state index contributed by atoms with van der Waals surface area (Å²) < 4.78 is 42.9. The maximum atomic E-state index is 12.7. The molecule has 0 radical (unpaired) electrons. The molecule has 1 aromatic heterocycles. The summed E-state index contributed by atoms with van der Waals surface area (Å²) in [6.07, 6.45) is -3.92. The topological polar surface area (TPSA) is 55.3 Å². The third kappa shape index (κ3) is 3.95. The number of esters is 1.